The Morgan fingerprint density at radius 2 is 1.46 bits per heavy atom. The Hall–Kier alpha value is -1.59. The number of carbonyl (C=O) groups is 3. The summed E-state index contributed by atoms with van der Waals surface area (Å²) in [7, 11) is 0. The Bertz CT molecular complexity index is 431. The van der Waals surface area contributed by atoms with Crippen molar-refractivity contribution in [2.24, 2.45) is 17.8 Å². The Balaban J connectivity index is 2.43. The van der Waals surface area contributed by atoms with E-state index in [2.05, 4.69) is 0 Å². The van der Waals surface area contributed by atoms with Gasteiger partial charge in [-0.15, -0.1) is 0 Å². The summed E-state index contributed by atoms with van der Waals surface area (Å²) in [6.07, 6.45) is 3.59. The molecule has 3 unspecified atom stereocenters. The fraction of sp³-hybridized carbons (Fsp3) is 0.833. The van der Waals surface area contributed by atoms with Gasteiger partial charge in [-0.3, -0.25) is 14.4 Å². The molecule has 0 amide bonds. The molecule has 0 saturated heterocycles. The average molecular weight is 342 g/mol. The van der Waals surface area contributed by atoms with Crippen molar-refractivity contribution in [2.45, 2.75) is 65.9 Å². The second-order valence-corrected chi connectivity index (χ2v) is 6.63. The van der Waals surface area contributed by atoms with Gasteiger partial charge in [0.15, 0.2) is 0 Å². The summed E-state index contributed by atoms with van der Waals surface area (Å²) in [6, 6.07) is 0. The van der Waals surface area contributed by atoms with E-state index in [0.29, 0.717) is 19.3 Å². The second kappa shape index (κ2) is 10.3. The van der Waals surface area contributed by atoms with Crippen LogP contribution in [-0.4, -0.2) is 37.2 Å². The lowest BCUT2D eigenvalue weighted by atomic mass is 9.79. The van der Waals surface area contributed by atoms with Crippen LogP contribution in [0.4, 0.5) is 0 Å². The van der Waals surface area contributed by atoms with Crippen LogP contribution in [0, 0.1) is 17.8 Å². The third kappa shape index (κ3) is 6.49. The first-order valence-corrected chi connectivity index (χ1v) is 8.90. The van der Waals surface area contributed by atoms with Crippen LogP contribution in [0.25, 0.3) is 0 Å². The van der Waals surface area contributed by atoms with Crippen molar-refractivity contribution in [3.05, 3.63) is 0 Å². The average Bonchev–Trinajstić information content (AvgIpc) is 2.56. The number of rotatable bonds is 8. The van der Waals surface area contributed by atoms with Crippen LogP contribution in [0.5, 0.6) is 0 Å². The Morgan fingerprint density at radius 1 is 0.917 bits per heavy atom. The highest BCUT2D eigenvalue weighted by molar-refractivity contribution is 5.82. The van der Waals surface area contributed by atoms with Crippen LogP contribution in [-0.2, 0) is 28.6 Å². The van der Waals surface area contributed by atoms with Crippen molar-refractivity contribution in [2.75, 3.05) is 13.2 Å². The molecule has 0 aliphatic heterocycles. The molecular weight excluding hydrogens is 312 g/mol. The van der Waals surface area contributed by atoms with Gasteiger partial charge in [0.1, 0.15) is 13.2 Å². The monoisotopic (exact) mass is 342 g/mol. The van der Waals surface area contributed by atoms with E-state index in [-0.39, 0.29) is 37.2 Å². The normalized spacial score (nSPS) is 21.9. The standard InChI is InChI=1S/C18H30O6/c1-5-13(4)16(19)22-10-11-23-17(20)14-8-6-7-9-15(14)18(21)24-12(2)3/h12-15H,5-11H2,1-4H3. The van der Waals surface area contributed by atoms with Crippen LogP contribution in [0.1, 0.15) is 59.8 Å². The van der Waals surface area contributed by atoms with E-state index in [9.17, 15) is 14.4 Å². The van der Waals surface area contributed by atoms with Crippen molar-refractivity contribution >= 4 is 17.9 Å². The van der Waals surface area contributed by atoms with Crippen LogP contribution in [0.2, 0.25) is 0 Å². The lowest BCUT2D eigenvalue weighted by Crippen LogP contribution is -2.36. The van der Waals surface area contributed by atoms with E-state index in [1.54, 1.807) is 20.8 Å². The zero-order chi connectivity index (χ0) is 18.1. The summed E-state index contributed by atoms with van der Waals surface area (Å²) >= 11 is 0. The molecule has 1 rings (SSSR count). The van der Waals surface area contributed by atoms with Gasteiger partial charge in [-0.1, -0.05) is 26.7 Å². The lowest BCUT2D eigenvalue weighted by molar-refractivity contribution is -0.166. The quantitative estimate of drug-likeness (QED) is 0.383. The van der Waals surface area contributed by atoms with Crippen molar-refractivity contribution in [1.82, 2.24) is 0 Å². The van der Waals surface area contributed by atoms with Gasteiger partial charge < -0.3 is 14.2 Å². The molecule has 1 aliphatic carbocycles. The summed E-state index contributed by atoms with van der Waals surface area (Å²) in [5.41, 5.74) is 0. The number of hydrogen-bond donors (Lipinski definition) is 0. The van der Waals surface area contributed by atoms with E-state index in [0.717, 1.165) is 12.8 Å². The highest BCUT2D eigenvalue weighted by Crippen LogP contribution is 2.32. The summed E-state index contributed by atoms with van der Waals surface area (Å²) in [5, 5.41) is 0. The van der Waals surface area contributed by atoms with E-state index < -0.39 is 17.8 Å². The first kappa shape index (κ1) is 20.5. The molecule has 0 bridgehead atoms. The molecule has 0 radical (unpaired) electrons. The number of hydrogen-bond acceptors (Lipinski definition) is 6. The van der Waals surface area contributed by atoms with E-state index >= 15 is 0 Å². The molecule has 0 heterocycles. The van der Waals surface area contributed by atoms with Gasteiger partial charge in [0.2, 0.25) is 0 Å². The van der Waals surface area contributed by atoms with Crippen LogP contribution < -0.4 is 0 Å². The van der Waals surface area contributed by atoms with E-state index in [4.69, 9.17) is 14.2 Å². The molecule has 138 valence electrons. The van der Waals surface area contributed by atoms with Crippen molar-refractivity contribution in [1.29, 1.82) is 0 Å². The molecule has 0 aromatic carbocycles. The molecule has 1 aliphatic rings. The molecule has 6 heteroatoms. The van der Waals surface area contributed by atoms with Gasteiger partial charge in [-0.25, -0.2) is 0 Å². The molecule has 1 saturated carbocycles. The SMILES string of the molecule is CCC(C)C(=O)OCCOC(=O)C1CCCCC1C(=O)OC(C)C. The minimum Gasteiger partial charge on any atom is -0.463 e. The predicted octanol–water partition coefficient (Wildman–Crippen LogP) is 2.88. The number of ether oxygens (including phenoxy) is 3. The van der Waals surface area contributed by atoms with Gasteiger partial charge in [-0.2, -0.15) is 0 Å². The second-order valence-electron chi connectivity index (χ2n) is 6.63. The first-order valence-electron chi connectivity index (χ1n) is 8.90. The first-order chi connectivity index (χ1) is 11.4. The maximum absolute atomic E-state index is 12.3. The molecule has 3 atom stereocenters. The highest BCUT2D eigenvalue weighted by atomic mass is 16.6. The Labute approximate surface area is 144 Å². The number of carbonyl (C=O) groups excluding carboxylic acids is 3. The summed E-state index contributed by atoms with van der Waals surface area (Å²) in [4.78, 5) is 36.0. The zero-order valence-corrected chi connectivity index (χ0v) is 15.2. The molecular formula is C18H30O6. The fourth-order valence-corrected chi connectivity index (χ4v) is 2.72. The van der Waals surface area contributed by atoms with Crippen LogP contribution >= 0.6 is 0 Å². The maximum atomic E-state index is 12.3. The van der Waals surface area contributed by atoms with Crippen molar-refractivity contribution < 1.29 is 28.6 Å². The third-order valence-corrected chi connectivity index (χ3v) is 4.31. The Kier molecular flexibility index (Phi) is 8.79. The molecule has 0 spiro atoms. The minimum atomic E-state index is -0.463. The smallest absolute Gasteiger partial charge is 0.310 e. The fourth-order valence-electron chi connectivity index (χ4n) is 2.72. The molecule has 0 aromatic rings. The van der Waals surface area contributed by atoms with Crippen LogP contribution in [0.15, 0.2) is 0 Å². The van der Waals surface area contributed by atoms with E-state index in [1.807, 2.05) is 6.92 Å². The van der Waals surface area contributed by atoms with Gasteiger partial charge in [0, 0.05) is 0 Å². The maximum Gasteiger partial charge on any atom is 0.310 e. The zero-order valence-electron chi connectivity index (χ0n) is 15.2. The largest absolute Gasteiger partial charge is 0.463 e. The van der Waals surface area contributed by atoms with Crippen molar-refractivity contribution in [3.8, 4) is 0 Å². The topological polar surface area (TPSA) is 78.9 Å². The van der Waals surface area contributed by atoms with Gasteiger partial charge in [0.05, 0.1) is 23.9 Å². The Morgan fingerprint density at radius 3 is 2.00 bits per heavy atom. The third-order valence-electron chi connectivity index (χ3n) is 4.31. The van der Waals surface area contributed by atoms with Crippen LogP contribution in [0.3, 0.4) is 0 Å². The summed E-state index contributed by atoms with van der Waals surface area (Å²) in [6.45, 7) is 7.35. The molecule has 6 nitrogen and oxygen atoms in total. The molecule has 24 heavy (non-hydrogen) atoms. The van der Waals surface area contributed by atoms with Gasteiger partial charge >= 0.3 is 17.9 Å². The molecule has 0 N–H and O–H groups in total. The summed E-state index contributed by atoms with van der Waals surface area (Å²) in [5.74, 6) is -2.07. The molecule has 0 aromatic heterocycles. The lowest BCUT2D eigenvalue weighted by Gasteiger charge is -2.28. The highest BCUT2D eigenvalue weighted by Gasteiger charge is 2.38. The van der Waals surface area contributed by atoms with Gasteiger partial charge in [-0.05, 0) is 33.1 Å². The van der Waals surface area contributed by atoms with Gasteiger partial charge in [0.25, 0.3) is 0 Å². The van der Waals surface area contributed by atoms with E-state index in [1.165, 1.54) is 0 Å². The predicted molar refractivity (Wildman–Crippen MR) is 88.0 cm³/mol. The summed E-state index contributed by atoms with van der Waals surface area (Å²) < 4.78 is 15.5. The number of esters is 3. The minimum absolute atomic E-state index is 0.0173. The molecule has 1 fully saturated rings. The van der Waals surface area contributed by atoms with Crippen molar-refractivity contribution in [3.63, 3.8) is 0 Å².